The number of aryl methyl sites for hydroxylation is 1. The molecule has 0 spiro atoms. The van der Waals surface area contributed by atoms with Crippen molar-refractivity contribution in [3.63, 3.8) is 0 Å². The minimum absolute atomic E-state index is 0.253. The molecule has 8 heteroatoms. The lowest BCUT2D eigenvalue weighted by atomic mass is 9.95. The average Bonchev–Trinajstić information content (AvgIpc) is 3.24. The molecule has 0 saturated heterocycles. The van der Waals surface area contributed by atoms with E-state index >= 15 is 0 Å². The van der Waals surface area contributed by atoms with E-state index in [2.05, 4.69) is 15.3 Å². The van der Waals surface area contributed by atoms with Crippen molar-refractivity contribution in [3.05, 3.63) is 46.3 Å². The molecule has 1 aliphatic heterocycles. The molecule has 4 rings (SSSR count). The molecule has 1 aromatic carbocycles. The van der Waals surface area contributed by atoms with Gasteiger partial charge in [-0.15, -0.1) is 16.5 Å². The maximum Gasteiger partial charge on any atom is 0.341 e. The highest BCUT2D eigenvalue weighted by molar-refractivity contribution is 7.16. The van der Waals surface area contributed by atoms with Gasteiger partial charge in [0, 0.05) is 4.88 Å². The monoisotopic (exact) mass is 410 g/mol. The molecule has 2 heterocycles. The van der Waals surface area contributed by atoms with Crippen molar-refractivity contribution < 1.29 is 14.3 Å². The summed E-state index contributed by atoms with van der Waals surface area (Å²) in [6, 6.07) is 8.44. The summed E-state index contributed by atoms with van der Waals surface area (Å²) in [5.74, 6) is -0.619. The first-order valence-corrected chi connectivity index (χ1v) is 10.6. The van der Waals surface area contributed by atoms with Gasteiger partial charge in [0.1, 0.15) is 5.56 Å². The van der Waals surface area contributed by atoms with Gasteiger partial charge in [-0.3, -0.25) is 4.79 Å². The second-order valence-electron chi connectivity index (χ2n) is 6.96. The molecule has 2 aliphatic rings. The lowest BCUT2D eigenvalue weighted by Gasteiger charge is -2.12. The summed E-state index contributed by atoms with van der Waals surface area (Å²) in [4.78, 5) is 26.5. The molecule has 0 radical (unpaired) electrons. The van der Waals surface area contributed by atoms with Gasteiger partial charge < -0.3 is 4.74 Å². The Morgan fingerprint density at radius 1 is 1.28 bits per heavy atom. The Bertz CT molecular complexity index is 997. The summed E-state index contributed by atoms with van der Waals surface area (Å²) in [5, 5.41) is 14.8. The number of anilines is 1. The van der Waals surface area contributed by atoms with Gasteiger partial charge in [-0.05, 0) is 57.2 Å². The molecule has 1 amide bonds. The van der Waals surface area contributed by atoms with Crippen molar-refractivity contribution in [2.75, 3.05) is 11.6 Å². The van der Waals surface area contributed by atoms with E-state index in [4.69, 9.17) is 4.74 Å². The van der Waals surface area contributed by atoms with E-state index in [1.165, 1.54) is 21.2 Å². The second-order valence-corrected chi connectivity index (χ2v) is 8.04. The van der Waals surface area contributed by atoms with Crippen LogP contribution in [0.2, 0.25) is 0 Å². The van der Waals surface area contributed by atoms with Crippen molar-refractivity contribution in [2.45, 2.75) is 45.6 Å². The van der Waals surface area contributed by atoms with Gasteiger partial charge in [-0.1, -0.05) is 18.2 Å². The van der Waals surface area contributed by atoms with E-state index in [9.17, 15) is 9.59 Å². The third-order valence-electron chi connectivity index (χ3n) is 4.99. The van der Waals surface area contributed by atoms with Gasteiger partial charge in [0.15, 0.2) is 11.0 Å². The van der Waals surface area contributed by atoms with Gasteiger partial charge in [-0.2, -0.15) is 15.2 Å². The molecule has 0 bridgehead atoms. The molecule has 0 saturated carbocycles. The van der Waals surface area contributed by atoms with Gasteiger partial charge >= 0.3 is 5.97 Å². The van der Waals surface area contributed by atoms with Crippen LogP contribution in [0.3, 0.4) is 0 Å². The number of rotatable bonds is 5. The minimum Gasteiger partial charge on any atom is -0.462 e. The lowest BCUT2D eigenvalue weighted by Crippen LogP contribution is -2.29. The van der Waals surface area contributed by atoms with Crippen LogP contribution in [-0.2, 0) is 22.4 Å². The fourth-order valence-electron chi connectivity index (χ4n) is 3.59. The molecular formula is C21H22N4O3S. The van der Waals surface area contributed by atoms with E-state index in [0.717, 1.165) is 31.2 Å². The number of thiophene rings is 1. The number of hydrazone groups is 1. The van der Waals surface area contributed by atoms with Crippen LogP contribution in [-0.4, -0.2) is 30.2 Å². The molecule has 1 aliphatic carbocycles. The van der Waals surface area contributed by atoms with E-state index in [1.54, 1.807) is 13.8 Å². The summed E-state index contributed by atoms with van der Waals surface area (Å²) >= 11 is 1.47. The van der Waals surface area contributed by atoms with Gasteiger partial charge in [0.05, 0.1) is 18.0 Å². The number of nitrogens with zero attached hydrogens (tertiary/aromatic N) is 4. The van der Waals surface area contributed by atoms with Crippen LogP contribution in [0.25, 0.3) is 0 Å². The molecule has 150 valence electrons. The molecule has 1 unspecified atom stereocenters. The maximum absolute atomic E-state index is 12.8. The van der Waals surface area contributed by atoms with Crippen LogP contribution in [0, 0.1) is 0 Å². The van der Waals surface area contributed by atoms with Crippen LogP contribution < -0.4 is 5.01 Å². The fourth-order valence-corrected chi connectivity index (χ4v) is 4.79. The Morgan fingerprint density at radius 2 is 2.03 bits per heavy atom. The summed E-state index contributed by atoms with van der Waals surface area (Å²) in [7, 11) is 0. The van der Waals surface area contributed by atoms with Crippen molar-refractivity contribution in [1.82, 2.24) is 0 Å². The Hall–Kier alpha value is -2.87. The average molecular weight is 410 g/mol. The van der Waals surface area contributed by atoms with Crippen LogP contribution in [0.4, 0.5) is 10.7 Å². The van der Waals surface area contributed by atoms with Crippen molar-refractivity contribution in [1.29, 1.82) is 0 Å². The SMILES string of the molecule is CCOC(=O)c1c(N=NC2C(=O)N(c3ccccc3)N=C2C)sc2c1CCCC2. The number of hydrogen-bond donors (Lipinski definition) is 0. The second kappa shape index (κ2) is 8.24. The Balaban J connectivity index is 1.63. The number of carbonyl (C=O) groups excluding carboxylic acids is 2. The summed E-state index contributed by atoms with van der Waals surface area (Å²) in [5.41, 5.74) is 2.80. The molecule has 0 N–H and O–H groups in total. The van der Waals surface area contributed by atoms with E-state index in [1.807, 2.05) is 30.3 Å². The smallest absolute Gasteiger partial charge is 0.341 e. The van der Waals surface area contributed by atoms with E-state index in [-0.39, 0.29) is 11.9 Å². The van der Waals surface area contributed by atoms with Crippen molar-refractivity contribution in [2.24, 2.45) is 15.3 Å². The number of hydrogen-bond acceptors (Lipinski definition) is 7. The quantitative estimate of drug-likeness (QED) is 0.530. The molecule has 0 fully saturated rings. The molecular weight excluding hydrogens is 388 g/mol. The highest BCUT2D eigenvalue weighted by atomic mass is 32.1. The first-order chi connectivity index (χ1) is 14.1. The molecule has 29 heavy (non-hydrogen) atoms. The normalized spacial score (nSPS) is 18.8. The number of fused-ring (bicyclic) bond motifs is 1. The van der Waals surface area contributed by atoms with Crippen LogP contribution in [0.5, 0.6) is 0 Å². The zero-order valence-corrected chi connectivity index (χ0v) is 17.2. The number of azo groups is 1. The first kappa shape index (κ1) is 19.4. The standard InChI is InChI=1S/C21H22N4O3S/c1-3-28-21(27)17-15-11-7-8-12-16(15)29-19(17)23-22-18-13(2)24-25(20(18)26)14-9-5-4-6-10-14/h4-6,9-10,18H,3,7-8,11-12H2,1-2H3. The molecule has 1 atom stereocenters. The summed E-state index contributed by atoms with van der Waals surface area (Å²) in [6.45, 7) is 3.85. The van der Waals surface area contributed by atoms with Crippen LogP contribution in [0.15, 0.2) is 45.7 Å². The fraction of sp³-hybridized carbons (Fsp3) is 0.381. The Labute approximate surface area is 173 Å². The highest BCUT2D eigenvalue weighted by Crippen LogP contribution is 2.40. The topological polar surface area (TPSA) is 83.7 Å². The predicted octanol–water partition coefficient (Wildman–Crippen LogP) is 4.68. The third-order valence-corrected chi connectivity index (χ3v) is 6.17. The van der Waals surface area contributed by atoms with E-state index in [0.29, 0.717) is 28.6 Å². The summed E-state index contributed by atoms with van der Waals surface area (Å²) < 4.78 is 5.25. The largest absolute Gasteiger partial charge is 0.462 e. The number of benzene rings is 1. The summed E-state index contributed by atoms with van der Waals surface area (Å²) in [6.07, 6.45) is 3.93. The van der Waals surface area contributed by atoms with Crippen LogP contribution >= 0.6 is 11.3 Å². The Kier molecular flexibility index (Phi) is 5.53. The van der Waals surface area contributed by atoms with Crippen LogP contribution in [0.1, 0.15) is 47.5 Å². The van der Waals surface area contributed by atoms with Gasteiger partial charge in [0.2, 0.25) is 0 Å². The van der Waals surface area contributed by atoms with Gasteiger partial charge in [0.25, 0.3) is 5.91 Å². The molecule has 7 nitrogen and oxygen atoms in total. The number of esters is 1. The molecule has 1 aromatic heterocycles. The van der Waals surface area contributed by atoms with Gasteiger partial charge in [-0.25, -0.2) is 4.79 Å². The highest BCUT2D eigenvalue weighted by Gasteiger charge is 2.35. The minimum atomic E-state index is -0.788. The third kappa shape index (κ3) is 3.72. The maximum atomic E-state index is 12.8. The van der Waals surface area contributed by atoms with Crippen molar-refractivity contribution >= 4 is 39.6 Å². The van der Waals surface area contributed by atoms with E-state index < -0.39 is 6.04 Å². The molecule has 2 aromatic rings. The lowest BCUT2D eigenvalue weighted by molar-refractivity contribution is -0.117. The zero-order chi connectivity index (χ0) is 20.4. The number of ether oxygens (including phenoxy) is 1. The van der Waals surface area contributed by atoms with Crippen molar-refractivity contribution in [3.8, 4) is 0 Å². The predicted molar refractivity (Wildman–Crippen MR) is 112 cm³/mol. The number of para-hydroxylation sites is 1. The zero-order valence-electron chi connectivity index (χ0n) is 16.4. The number of amides is 1. The first-order valence-electron chi connectivity index (χ1n) is 9.76. The number of carbonyl (C=O) groups is 2. The Morgan fingerprint density at radius 3 is 2.79 bits per heavy atom.